The highest BCUT2D eigenvalue weighted by Gasteiger charge is 2.45. The van der Waals surface area contributed by atoms with E-state index in [1.807, 2.05) is 19.1 Å². The zero-order valence-electron chi connectivity index (χ0n) is 13.2. The van der Waals surface area contributed by atoms with Crippen LogP contribution in [0.5, 0.6) is 0 Å². The van der Waals surface area contributed by atoms with Crippen LogP contribution in [0.2, 0.25) is 0 Å². The monoisotopic (exact) mass is 311 g/mol. The lowest BCUT2D eigenvalue weighted by atomic mass is 10.0. The third-order valence-corrected chi connectivity index (χ3v) is 4.60. The highest BCUT2D eigenvalue weighted by Crippen LogP contribution is 2.49. The van der Waals surface area contributed by atoms with Gasteiger partial charge in [-0.2, -0.15) is 0 Å². The normalized spacial score (nSPS) is 19.5. The SMILES string of the molecule is CCN(CCC(=O)O)C(=O)C1CC1c1ccc2ccccc2c1. The van der Waals surface area contributed by atoms with Crippen LogP contribution in [0.25, 0.3) is 10.8 Å². The van der Waals surface area contributed by atoms with Gasteiger partial charge in [0, 0.05) is 19.0 Å². The second kappa shape index (κ2) is 6.41. The van der Waals surface area contributed by atoms with Crippen molar-refractivity contribution in [2.45, 2.75) is 25.7 Å². The standard InChI is InChI=1S/C19H21NO3/c1-2-20(10-9-18(21)22)19(23)17-12-16(17)15-8-7-13-5-3-4-6-14(13)11-15/h3-8,11,16-17H,2,9-10,12H2,1H3,(H,21,22). The summed E-state index contributed by atoms with van der Waals surface area (Å²) in [5.41, 5.74) is 1.20. The van der Waals surface area contributed by atoms with Crippen LogP contribution in [0.3, 0.4) is 0 Å². The Kier molecular flexibility index (Phi) is 4.33. The van der Waals surface area contributed by atoms with E-state index >= 15 is 0 Å². The Morgan fingerprint density at radius 3 is 2.61 bits per heavy atom. The van der Waals surface area contributed by atoms with Crippen molar-refractivity contribution < 1.29 is 14.7 Å². The Morgan fingerprint density at radius 1 is 1.17 bits per heavy atom. The van der Waals surface area contributed by atoms with E-state index < -0.39 is 5.97 Å². The molecule has 4 nitrogen and oxygen atoms in total. The van der Waals surface area contributed by atoms with Crippen molar-refractivity contribution in [3.05, 3.63) is 48.0 Å². The van der Waals surface area contributed by atoms with E-state index in [0.717, 1.165) is 6.42 Å². The fraction of sp³-hybridized carbons (Fsp3) is 0.368. The van der Waals surface area contributed by atoms with E-state index in [1.165, 1.54) is 16.3 Å². The van der Waals surface area contributed by atoms with Crippen LogP contribution >= 0.6 is 0 Å². The maximum atomic E-state index is 12.5. The Morgan fingerprint density at radius 2 is 1.91 bits per heavy atom. The first-order valence-electron chi connectivity index (χ1n) is 8.09. The van der Waals surface area contributed by atoms with E-state index in [9.17, 15) is 9.59 Å². The number of benzene rings is 2. The maximum absolute atomic E-state index is 12.5. The number of rotatable bonds is 6. The molecule has 120 valence electrons. The van der Waals surface area contributed by atoms with Gasteiger partial charge in [0.1, 0.15) is 0 Å². The first kappa shape index (κ1) is 15.5. The molecule has 1 amide bonds. The molecule has 0 spiro atoms. The van der Waals surface area contributed by atoms with Gasteiger partial charge in [-0.15, -0.1) is 0 Å². The summed E-state index contributed by atoms with van der Waals surface area (Å²) in [6, 6.07) is 14.6. The van der Waals surface area contributed by atoms with Crippen molar-refractivity contribution in [1.29, 1.82) is 0 Å². The summed E-state index contributed by atoms with van der Waals surface area (Å²) in [6.07, 6.45) is 0.869. The van der Waals surface area contributed by atoms with Gasteiger partial charge in [-0.3, -0.25) is 9.59 Å². The zero-order valence-corrected chi connectivity index (χ0v) is 13.2. The molecule has 0 aromatic heterocycles. The summed E-state index contributed by atoms with van der Waals surface area (Å²) >= 11 is 0. The van der Waals surface area contributed by atoms with Gasteiger partial charge in [0.05, 0.1) is 6.42 Å². The summed E-state index contributed by atoms with van der Waals surface area (Å²) < 4.78 is 0. The van der Waals surface area contributed by atoms with Crippen molar-refractivity contribution >= 4 is 22.6 Å². The third-order valence-electron chi connectivity index (χ3n) is 4.60. The Labute approximate surface area is 135 Å². The van der Waals surface area contributed by atoms with Crippen molar-refractivity contribution in [3.8, 4) is 0 Å². The quantitative estimate of drug-likeness (QED) is 0.891. The average Bonchev–Trinajstić information content (AvgIpc) is 3.35. The number of carboxylic acid groups (broad SMARTS) is 1. The molecule has 3 rings (SSSR count). The van der Waals surface area contributed by atoms with Gasteiger partial charge in [0.15, 0.2) is 0 Å². The van der Waals surface area contributed by atoms with Crippen molar-refractivity contribution in [2.24, 2.45) is 5.92 Å². The van der Waals surface area contributed by atoms with Gasteiger partial charge in [0.2, 0.25) is 5.91 Å². The Bertz CT molecular complexity index is 740. The van der Waals surface area contributed by atoms with Crippen LogP contribution in [-0.2, 0) is 9.59 Å². The van der Waals surface area contributed by atoms with Gasteiger partial charge in [0.25, 0.3) is 0 Å². The van der Waals surface area contributed by atoms with Crippen molar-refractivity contribution in [3.63, 3.8) is 0 Å². The third kappa shape index (κ3) is 3.36. The van der Waals surface area contributed by atoms with Gasteiger partial charge in [-0.25, -0.2) is 0 Å². The molecule has 0 saturated heterocycles. The molecule has 1 aliphatic rings. The van der Waals surface area contributed by atoms with E-state index in [2.05, 4.69) is 30.3 Å². The van der Waals surface area contributed by atoms with Gasteiger partial charge < -0.3 is 10.0 Å². The van der Waals surface area contributed by atoms with E-state index in [4.69, 9.17) is 5.11 Å². The van der Waals surface area contributed by atoms with Crippen molar-refractivity contribution in [1.82, 2.24) is 4.90 Å². The topological polar surface area (TPSA) is 57.6 Å². The number of carbonyl (C=O) groups is 2. The fourth-order valence-electron chi connectivity index (χ4n) is 3.16. The molecular formula is C19H21NO3. The van der Waals surface area contributed by atoms with Crippen LogP contribution in [0, 0.1) is 5.92 Å². The maximum Gasteiger partial charge on any atom is 0.305 e. The largest absolute Gasteiger partial charge is 0.481 e. The molecule has 0 heterocycles. The molecule has 2 unspecified atom stereocenters. The minimum Gasteiger partial charge on any atom is -0.481 e. The minimum absolute atomic E-state index is 0.00454. The van der Waals surface area contributed by atoms with Crippen LogP contribution < -0.4 is 0 Å². The number of carbonyl (C=O) groups excluding carboxylic acids is 1. The Hall–Kier alpha value is -2.36. The Balaban J connectivity index is 1.69. The summed E-state index contributed by atoms with van der Waals surface area (Å²) in [4.78, 5) is 24.9. The van der Waals surface area contributed by atoms with Crippen LogP contribution in [0.15, 0.2) is 42.5 Å². The molecule has 1 saturated carbocycles. The molecule has 0 aliphatic heterocycles. The highest BCUT2D eigenvalue weighted by molar-refractivity contribution is 5.86. The molecule has 2 atom stereocenters. The number of hydrogen-bond acceptors (Lipinski definition) is 2. The van der Waals surface area contributed by atoms with Crippen LogP contribution in [0.4, 0.5) is 0 Å². The minimum atomic E-state index is -0.863. The first-order chi connectivity index (χ1) is 11.1. The molecule has 4 heteroatoms. The molecular weight excluding hydrogens is 290 g/mol. The predicted molar refractivity (Wildman–Crippen MR) is 89.3 cm³/mol. The molecule has 23 heavy (non-hydrogen) atoms. The van der Waals surface area contributed by atoms with Gasteiger partial charge >= 0.3 is 5.97 Å². The number of fused-ring (bicyclic) bond motifs is 1. The fourth-order valence-corrected chi connectivity index (χ4v) is 3.16. The molecule has 0 radical (unpaired) electrons. The van der Waals surface area contributed by atoms with E-state index in [-0.39, 0.29) is 24.2 Å². The molecule has 1 aliphatic carbocycles. The number of aliphatic carboxylic acids is 1. The number of hydrogen-bond donors (Lipinski definition) is 1. The second-order valence-electron chi connectivity index (χ2n) is 6.12. The lowest BCUT2D eigenvalue weighted by Crippen LogP contribution is -2.34. The first-order valence-corrected chi connectivity index (χ1v) is 8.09. The van der Waals surface area contributed by atoms with E-state index in [1.54, 1.807) is 4.90 Å². The molecule has 1 N–H and O–H groups in total. The van der Waals surface area contributed by atoms with Gasteiger partial charge in [-0.05, 0) is 35.6 Å². The number of carboxylic acids is 1. The number of amides is 1. The summed E-state index contributed by atoms with van der Waals surface area (Å²) in [5, 5.41) is 11.2. The summed E-state index contributed by atoms with van der Waals surface area (Å²) in [6.45, 7) is 2.76. The summed E-state index contributed by atoms with van der Waals surface area (Å²) in [7, 11) is 0. The molecule has 2 aromatic rings. The lowest BCUT2D eigenvalue weighted by Gasteiger charge is -2.20. The second-order valence-corrected chi connectivity index (χ2v) is 6.12. The highest BCUT2D eigenvalue weighted by atomic mass is 16.4. The number of nitrogens with zero attached hydrogens (tertiary/aromatic N) is 1. The van der Waals surface area contributed by atoms with Gasteiger partial charge in [-0.1, -0.05) is 42.5 Å². The summed E-state index contributed by atoms with van der Waals surface area (Å²) in [5.74, 6) is -0.499. The van der Waals surface area contributed by atoms with E-state index in [0.29, 0.717) is 13.1 Å². The van der Waals surface area contributed by atoms with Crippen LogP contribution in [0.1, 0.15) is 31.2 Å². The van der Waals surface area contributed by atoms with Crippen molar-refractivity contribution in [2.75, 3.05) is 13.1 Å². The zero-order chi connectivity index (χ0) is 16.4. The smallest absolute Gasteiger partial charge is 0.305 e. The molecule has 2 aromatic carbocycles. The predicted octanol–water partition coefficient (Wildman–Crippen LogP) is 3.27. The average molecular weight is 311 g/mol. The molecule has 0 bridgehead atoms. The lowest BCUT2D eigenvalue weighted by molar-refractivity contribution is -0.138. The molecule has 1 fully saturated rings. The van der Waals surface area contributed by atoms with Crippen LogP contribution in [-0.4, -0.2) is 35.0 Å².